The van der Waals surface area contributed by atoms with Crippen LogP contribution in [0.4, 0.5) is 5.69 Å². The van der Waals surface area contributed by atoms with Crippen molar-refractivity contribution < 1.29 is 13.2 Å². The number of rotatable bonds is 8. The van der Waals surface area contributed by atoms with E-state index in [4.69, 9.17) is 11.6 Å². The van der Waals surface area contributed by atoms with E-state index in [1.807, 2.05) is 6.92 Å². The first-order chi connectivity index (χ1) is 12.4. The van der Waals surface area contributed by atoms with Crippen LogP contribution in [0.2, 0.25) is 5.02 Å². The molecule has 1 N–H and O–H groups in total. The number of para-hydroxylation sites is 1. The Kier molecular flexibility index (Phi) is 6.83. The second-order valence-corrected chi connectivity index (χ2v) is 7.83. The lowest BCUT2D eigenvalue weighted by Gasteiger charge is -2.24. The Balaban J connectivity index is 2.45. The molecule has 7 heteroatoms. The van der Waals surface area contributed by atoms with Crippen LogP contribution in [0.15, 0.2) is 66.1 Å². The summed E-state index contributed by atoms with van der Waals surface area (Å²) in [6, 6.07) is 12.6. The second-order valence-electron chi connectivity index (χ2n) is 5.56. The van der Waals surface area contributed by atoms with Crippen molar-refractivity contribution in [3.8, 4) is 0 Å². The van der Waals surface area contributed by atoms with Gasteiger partial charge in [-0.05, 0) is 36.8 Å². The molecule has 0 fully saturated rings. The van der Waals surface area contributed by atoms with Gasteiger partial charge in [0.2, 0.25) is 0 Å². The van der Waals surface area contributed by atoms with Crippen LogP contribution < -0.4 is 9.62 Å². The average Bonchev–Trinajstić information content (AvgIpc) is 2.65. The summed E-state index contributed by atoms with van der Waals surface area (Å²) in [5.74, 6) is -0.308. The van der Waals surface area contributed by atoms with E-state index in [-0.39, 0.29) is 22.9 Å². The number of sulfonamides is 1. The van der Waals surface area contributed by atoms with Crippen molar-refractivity contribution in [2.75, 3.05) is 17.4 Å². The van der Waals surface area contributed by atoms with E-state index < -0.39 is 10.0 Å². The molecule has 2 aromatic rings. The van der Waals surface area contributed by atoms with Gasteiger partial charge in [0.15, 0.2) is 0 Å². The normalized spacial score (nSPS) is 11.0. The molecule has 0 aliphatic rings. The molecule has 2 rings (SSSR count). The average molecular weight is 393 g/mol. The number of anilines is 1. The zero-order chi connectivity index (χ0) is 19.2. The molecule has 0 saturated carbocycles. The molecule has 1 amide bonds. The summed E-state index contributed by atoms with van der Waals surface area (Å²) in [4.78, 5) is 12.2. The Hall–Kier alpha value is -2.31. The first-order valence-corrected chi connectivity index (χ1v) is 10.00. The Morgan fingerprint density at radius 3 is 2.62 bits per heavy atom. The summed E-state index contributed by atoms with van der Waals surface area (Å²) in [6.45, 7) is 6.15. The van der Waals surface area contributed by atoms with Crippen LogP contribution in [0.25, 0.3) is 0 Å². The smallest absolute Gasteiger partial charge is 0.264 e. The van der Waals surface area contributed by atoms with E-state index in [0.717, 1.165) is 6.42 Å². The van der Waals surface area contributed by atoms with Crippen LogP contribution in [0.3, 0.4) is 0 Å². The minimum absolute atomic E-state index is 0.0171. The topological polar surface area (TPSA) is 66.5 Å². The third-order valence-electron chi connectivity index (χ3n) is 3.64. The highest BCUT2D eigenvalue weighted by Gasteiger charge is 2.26. The third-order valence-corrected chi connectivity index (χ3v) is 5.73. The van der Waals surface area contributed by atoms with Gasteiger partial charge in [-0.25, -0.2) is 8.42 Å². The summed E-state index contributed by atoms with van der Waals surface area (Å²) in [7, 11) is -3.92. The molecule has 0 radical (unpaired) electrons. The summed E-state index contributed by atoms with van der Waals surface area (Å²) in [5, 5.41) is 3.05. The van der Waals surface area contributed by atoms with Gasteiger partial charge >= 0.3 is 0 Å². The molecule has 0 spiro atoms. The summed E-state index contributed by atoms with van der Waals surface area (Å²) in [6.07, 6.45) is 2.28. The quantitative estimate of drug-likeness (QED) is 0.693. The Bertz CT molecular complexity index is 897. The Labute approximate surface area is 159 Å². The van der Waals surface area contributed by atoms with Gasteiger partial charge in [0.25, 0.3) is 15.9 Å². The minimum atomic E-state index is -3.92. The van der Waals surface area contributed by atoms with Crippen molar-refractivity contribution in [1.29, 1.82) is 0 Å². The maximum atomic E-state index is 13.2. The molecular weight excluding hydrogens is 372 g/mol. The zero-order valence-corrected chi connectivity index (χ0v) is 16.1. The molecule has 138 valence electrons. The van der Waals surface area contributed by atoms with Gasteiger partial charge < -0.3 is 5.32 Å². The van der Waals surface area contributed by atoms with Crippen LogP contribution in [0.5, 0.6) is 0 Å². The predicted octanol–water partition coefficient (Wildman–Crippen LogP) is 3.86. The fourth-order valence-electron chi connectivity index (χ4n) is 2.36. The molecule has 0 heterocycles. The number of carbonyl (C=O) groups excluding carboxylic acids is 1. The molecule has 0 unspecified atom stereocenters. The van der Waals surface area contributed by atoms with Crippen molar-refractivity contribution in [3.05, 3.63) is 71.8 Å². The molecule has 26 heavy (non-hydrogen) atoms. The van der Waals surface area contributed by atoms with Crippen LogP contribution in [-0.4, -0.2) is 27.4 Å². The van der Waals surface area contributed by atoms with Crippen LogP contribution in [-0.2, 0) is 10.0 Å². The zero-order valence-electron chi connectivity index (χ0n) is 14.5. The first-order valence-electron chi connectivity index (χ1n) is 8.18. The van der Waals surface area contributed by atoms with E-state index in [1.165, 1.54) is 22.5 Å². The van der Waals surface area contributed by atoms with E-state index >= 15 is 0 Å². The van der Waals surface area contributed by atoms with E-state index in [9.17, 15) is 13.2 Å². The van der Waals surface area contributed by atoms with Crippen molar-refractivity contribution in [2.24, 2.45) is 0 Å². The number of benzene rings is 2. The number of nitrogens with one attached hydrogen (secondary N) is 1. The highest BCUT2D eigenvalue weighted by atomic mass is 35.5. The van der Waals surface area contributed by atoms with Gasteiger partial charge in [-0.1, -0.05) is 42.8 Å². The maximum Gasteiger partial charge on any atom is 0.264 e. The van der Waals surface area contributed by atoms with Gasteiger partial charge in [0.05, 0.1) is 22.2 Å². The number of halogens is 1. The molecule has 5 nitrogen and oxygen atoms in total. The largest absolute Gasteiger partial charge is 0.352 e. The van der Waals surface area contributed by atoms with Gasteiger partial charge in [0.1, 0.15) is 0 Å². The van der Waals surface area contributed by atoms with Crippen molar-refractivity contribution in [1.82, 2.24) is 5.32 Å². The molecule has 0 saturated heterocycles. The lowest BCUT2D eigenvalue weighted by atomic mass is 10.2. The van der Waals surface area contributed by atoms with Gasteiger partial charge in [-0.2, -0.15) is 0 Å². The second kappa shape index (κ2) is 8.87. The first kappa shape index (κ1) is 20.0. The molecule has 0 bridgehead atoms. The van der Waals surface area contributed by atoms with E-state index in [0.29, 0.717) is 17.3 Å². The molecule has 0 aliphatic heterocycles. The highest BCUT2D eigenvalue weighted by molar-refractivity contribution is 7.92. The van der Waals surface area contributed by atoms with Crippen LogP contribution in [0, 0.1) is 0 Å². The Morgan fingerprint density at radius 1 is 1.23 bits per heavy atom. The summed E-state index contributed by atoms with van der Waals surface area (Å²) < 4.78 is 27.5. The lowest BCUT2D eigenvalue weighted by Crippen LogP contribution is -2.32. The minimum Gasteiger partial charge on any atom is -0.352 e. The fraction of sp³-hybridized carbons (Fsp3) is 0.211. The summed E-state index contributed by atoms with van der Waals surface area (Å²) >= 11 is 6.18. The lowest BCUT2D eigenvalue weighted by molar-refractivity contribution is 0.0953. The molecule has 0 aliphatic carbocycles. The number of amides is 1. The number of carbonyl (C=O) groups is 1. The monoisotopic (exact) mass is 392 g/mol. The molecule has 2 aromatic carbocycles. The third kappa shape index (κ3) is 4.45. The predicted molar refractivity (Wildman–Crippen MR) is 105 cm³/mol. The van der Waals surface area contributed by atoms with Crippen LogP contribution >= 0.6 is 11.6 Å². The van der Waals surface area contributed by atoms with Gasteiger partial charge in [0, 0.05) is 12.1 Å². The Morgan fingerprint density at radius 2 is 1.96 bits per heavy atom. The summed E-state index contributed by atoms with van der Waals surface area (Å²) in [5.41, 5.74) is 0.646. The standard InChI is InChI=1S/C19H21ClN2O3S/c1-3-12-21-19(23)15-8-7-9-16(14-15)26(24,25)22(13-4-2)18-11-6-5-10-17(18)20/h4-11,14H,2-3,12-13H2,1H3,(H,21,23). The number of hydrogen-bond acceptors (Lipinski definition) is 3. The van der Waals surface area contributed by atoms with Gasteiger partial charge in [-0.15, -0.1) is 6.58 Å². The molecule has 0 atom stereocenters. The van der Waals surface area contributed by atoms with Crippen molar-refractivity contribution in [2.45, 2.75) is 18.2 Å². The van der Waals surface area contributed by atoms with E-state index in [1.54, 1.807) is 36.4 Å². The van der Waals surface area contributed by atoms with Gasteiger partial charge in [-0.3, -0.25) is 9.10 Å². The van der Waals surface area contributed by atoms with Crippen molar-refractivity contribution >= 4 is 33.2 Å². The maximum absolute atomic E-state index is 13.2. The fourth-order valence-corrected chi connectivity index (χ4v) is 4.15. The van der Waals surface area contributed by atoms with E-state index in [2.05, 4.69) is 11.9 Å². The molecule has 0 aromatic heterocycles. The highest BCUT2D eigenvalue weighted by Crippen LogP contribution is 2.30. The number of nitrogens with zero attached hydrogens (tertiary/aromatic N) is 1. The molecular formula is C19H21ClN2O3S. The SMILES string of the molecule is C=CCN(c1ccccc1Cl)S(=O)(=O)c1cccc(C(=O)NCCC)c1. The van der Waals surface area contributed by atoms with Crippen molar-refractivity contribution in [3.63, 3.8) is 0 Å². The van der Waals surface area contributed by atoms with Crippen LogP contribution in [0.1, 0.15) is 23.7 Å². The number of hydrogen-bond donors (Lipinski definition) is 1.